The van der Waals surface area contributed by atoms with Crippen molar-refractivity contribution in [3.05, 3.63) is 58.7 Å². The number of methoxy groups -OCH3 is 1. The molecule has 0 fully saturated rings. The maximum Gasteiger partial charge on any atom is 0.271 e. The maximum absolute atomic E-state index is 11.4. The molecule has 8 heteroatoms. The predicted molar refractivity (Wildman–Crippen MR) is 92.7 cm³/mol. The van der Waals surface area contributed by atoms with Gasteiger partial charge in [0, 0.05) is 16.1 Å². The van der Waals surface area contributed by atoms with Gasteiger partial charge >= 0.3 is 0 Å². The molecular formula is C17H15ClN4O3. The average molecular weight is 359 g/mol. The van der Waals surface area contributed by atoms with Crippen LogP contribution >= 0.6 is 11.6 Å². The van der Waals surface area contributed by atoms with Crippen LogP contribution in [0.15, 0.2) is 42.5 Å². The number of benzene rings is 2. The minimum absolute atomic E-state index is 0.0618. The number of hydrogen-bond donors (Lipinski definition) is 2. The van der Waals surface area contributed by atoms with Gasteiger partial charge in [0.25, 0.3) is 5.91 Å². The van der Waals surface area contributed by atoms with Crippen LogP contribution in [0.2, 0.25) is 5.02 Å². The van der Waals surface area contributed by atoms with Crippen molar-refractivity contribution in [1.29, 1.82) is 0 Å². The summed E-state index contributed by atoms with van der Waals surface area (Å²) in [6.45, 7) is 0.297. The number of amides is 1. The van der Waals surface area contributed by atoms with E-state index in [-0.39, 0.29) is 5.69 Å². The predicted octanol–water partition coefficient (Wildman–Crippen LogP) is 2.81. The number of ether oxygens (including phenoxy) is 2. The van der Waals surface area contributed by atoms with E-state index in [0.29, 0.717) is 34.4 Å². The first kappa shape index (κ1) is 16.8. The Morgan fingerprint density at radius 3 is 2.72 bits per heavy atom. The number of carbonyl (C=O) groups is 1. The zero-order valence-corrected chi connectivity index (χ0v) is 14.1. The quantitative estimate of drug-likeness (QED) is 0.705. The summed E-state index contributed by atoms with van der Waals surface area (Å²) >= 11 is 6.13. The zero-order valence-electron chi connectivity index (χ0n) is 13.3. The van der Waals surface area contributed by atoms with Gasteiger partial charge in [-0.1, -0.05) is 29.8 Å². The molecule has 0 unspecified atom stereocenters. The lowest BCUT2D eigenvalue weighted by molar-refractivity contribution is 0.0996. The van der Waals surface area contributed by atoms with Crippen LogP contribution < -0.4 is 15.2 Å². The number of rotatable bonds is 6. The van der Waals surface area contributed by atoms with Gasteiger partial charge in [-0.25, -0.2) is 0 Å². The summed E-state index contributed by atoms with van der Waals surface area (Å²) in [5.41, 5.74) is 7.20. The fourth-order valence-electron chi connectivity index (χ4n) is 2.31. The fourth-order valence-corrected chi connectivity index (χ4v) is 2.50. The van der Waals surface area contributed by atoms with Crippen LogP contribution in [-0.2, 0) is 6.61 Å². The molecule has 3 rings (SSSR count). The van der Waals surface area contributed by atoms with Crippen LogP contribution in [-0.4, -0.2) is 28.4 Å². The second-order valence-electron chi connectivity index (χ2n) is 5.13. The molecule has 0 aliphatic carbocycles. The third-order valence-corrected chi connectivity index (χ3v) is 3.93. The number of primary amides is 1. The Kier molecular flexibility index (Phi) is 4.85. The lowest BCUT2D eigenvalue weighted by Gasteiger charge is -2.12. The van der Waals surface area contributed by atoms with Gasteiger partial charge in [0.2, 0.25) is 0 Å². The summed E-state index contributed by atoms with van der Waals surface area (Å²) in [6, 6.07) is 12.6. The van der Waals surface area contributed by atoms with Gasteiger partial charge in [-0.05, 0) is 24.3 Å². The van der Waals surface area contributed by atoms with E-state index in [1.165, 1.54) is 7.11 Å². The molecule has 1 aromatic heterocycles. The molecule has 25 heavy (non-hydrogen) atoms. The molecule has 7 nitrogen and oxygen atoms in total. The summed E-state index contributed by atoms with van der Waals surface area (Å²) in [5.74, 6) is 0.361. The van der Waals surface area contributed by atoms with E-state index in [1.807, 2.05) is 18.2 Å². The first-order valence-electron chi connectivity index (χ1n) is 7.35. The van der Waals surface area contributed by atoms with E-state index in [1.54, 1.807) is 24.3 Å². The van der Waals surface area contributed by atoms with Crippen molar-refractivity contribution in [1.82, 2.24) is 15.4 Å². The Morgan fingerprint density at radius 2 is 2.00 bits per heavy atom. The Morgan fingerprint density at radius 1 is 1.20 bits per heavy atom. The average Bonchev–Trinajstić information content (AvgIpc) is 3.11. The van der Waals surface area contributed by atoms with Crippen molar-refractivity contribution in [2.24, 2.45) is 5.73 Å². The molecule has 0 aliphatic heterocycles. The Balaban J connectivity index is 1.86. The largest absolute Gasteiger partial charge is 0.493 e. The van der Waals surface area contributed by atoms with E-state index in [2.05, 4.69) is 15.4 Å². The SMILES string of the molecule is COc1cc(-c2n[nH]nc2C(N)=O)ccc1OCc1ccccc1Cl. The number of nitrogens with one attached hydrogen (secondary N) is 1. The van der Waals surface area contributed by atoms with E-state index in [4.69, 9.17) is 26.8 Å². The van der Waals surface area contributed by atoms with Crippen molar-refractivity contribution < 1.29 is 14.3 Å². The van der Waals surface area contributed by atoms with E-state index >= 15 is 0 Å². The number of H-pyrrole nitrogens is 1. The number of nitrogens with two attached hydrogens (primary N) is 1. The van der Waals surface area contributed by atoms with Gasteiger partial charge in [-0.3, -0.25) is 4.79 Å². The standard InChI is InChI=1S/C17H15ClN4O3/c1-24-14-8-10(15-16(17(19)23)21-22-20-15)6-7-13(14)25-9-11-4-2-3-5-12(11)18/h2-8H,9H2,1H3,(H2,19,23)(H,20,21,22). The lowest BCUT2D eigenvalue weighted by Crippen LogP contribution is -2.12. The third-order valence-electron chi connectivity index (χ3n) is 3.56. The topological polar surface area (TPSA) is 103 Å². The van der Waals surface area contributed by atoms with Crippen molar-refractivity contribution in [2.45, 2.75) is 6.61 Å². The number of carbonyl (C=O) groups excluding carboxylic acids is 1. The third kappa shape index (κ3) is 3.56. The minimum Gasteiger partial charge on any atom is -0.493 e. The summed E-state index contributed by atoms with van der Waals surface area (Å²) < 4.78 is 11.2. The lowest BCUT2D eigenvalue weighted by atomic mass is 10.1. The van der Waals surface area contributed by atoms with Crippen molar-refractivity contribution >= 4 is 17.5 Å². The van der Waals surface area contributed by atoms with Crippen LogP contribution in [0.4, 0.5) is 0 Å². The second kappa shape index (κ2) is 7.23. The Bertz CT molecular complexity index is 910. The van der Waals surface area contributed by atoms with Gasteiger partial charge in [-0.15, -0.1) is 0 Å². The molecule has 0 saturated carbocycles. The van der Waals surface area contributed by atoms with Crippen LogP contribution in [0.5, 0.6) is 11.5 Å². The number of halogens is 1. The Hall–Kier alpha value is -3.06. The summed E-state index contributed by atoms with van der Waals surface area (Å²) in [6.07, 6.45) is 0. The van der Waals surface area contributed by atoms with E-state index in [0.717, 1.165) is 5.56 Å². The molecule has 0 radical (unpaired) electrons. The highest BCUT2D eigenvalue weighted by molar-refractivity contribution is 6.31. The van der Waals surface area contributed by atoms with Gasteiger partial charge in [0.05, 0.1) is 7.11 Å². The molecule has 128 valence electrons. The van der Waals surface area contributed by atoms with Gasteiger partial charge in [0.1, 0.15) is 12.3 Å². The monoisotopic (exact) mass is 358 g/mol. The van der Waals surface area contributed by atoms with Crippen LogP contribution in [0, 0.1) is 0 Å². The molecule has 2 aromatic carbocycles. The number of hydrogen-bond acceptors (Lipinski definition) is 5. The highest BCUT2D eigenvalue weighted by atomic mass is 35.5. The number of aromatic nitrogens is 3. The van der Waals surface area contributed by atoms with Crippen molar-refractivity contribution in [3.63, 3.8) is 0 Å². The molecule has 1 heterocycles. The first-order chi connectivity index (χ1) is 12.1. The maximum atomic E-state index is 11.4. The Labute approximate surface area is 148 Å². The summed E-state index contributed by atoms with van der Waals surface area (Å²) in [4.78, 5) is 11.4. The zero-order chi connectivity index (χ0) is 17.8. The van der Waals surface area contributed by atoms with Gasteiger partial charge in [-0.2, -0.15) is 15.4 Å². The number of nitrogens with zero attached hydrogens (tertiary/aromatic N) is 2. The van der Waals surface area contributed by atoms with Crippen molar-refractivity contribution in [2.75, 3.05) is 7.11 Å². The smallest absolute Gasteiger partial charge is 0.271 e. The van der Waals surface area contributed by atoms with Crippen LogP contribution in [0.1, 0.15) is 16.1 Å². The second-order valence-corrected chi connectivity index (χ2v) is 5.54. The van der Waals surface area contributed by atoms with Crippen LogP contribution in [0.25, 0.3) is 11.3 Å². The summed E-state index contributed by atoms with van der Waals surface area (Å²) in [7, 11) is 1.53. The summed E-state index contributed by atoms with van der Waals surface area (Å²) in [5, 5.41) is 10.8. The van der Waals surface area contributed by atoms with Crippen LogP contribution in [0.3, 0.4) is 0 Å². The highest BCUT2D eigenvalue weighted by Gasteiger charge is 2.17. The van der Waals surface area contributed by atoms with Gasteiger partial charge in [0.15, 0.2) is 17.2 Å². The number of aromatic amines is 1. The molecule has 0 saturated heterocycles. The molecule has 0 bridgehead atoms. The first-order valence-corrected chi connectivity index (χ1v) is 7.73. The molecule has 0 atom stereocenters. The molecular weight excluding hydrogens is 344 g/mol. The minimum atomic E-state index is -0.665. The fraction of sp³-hybridized carbons (Fsp3) is 0.118. The highest BCUT2D eigenvalue weighted by Crippen LogP contribution is 2.33. The molecule has 3 aromatic rings. The molecule has 0 spiro atoms. The van der Waals surface area contributed by atoms with E-state index < -0.39 is 5.91 Å². The molecule has 0 aliphatic rings. The van der Waals surface area contributed by atoms with Gasteiger partial charge < -0.3 is 15.2 Å². The molecule has 3 N–H and O–H groups in total. The molecule has 1 amide bonds. The normalized spacial score (nSPS) is 10.5. The van der Waals surface area contributed by atoms with Crippen molar-refractivity contribution in [3.8, 4) is 22.8 Å². The van der Waals surface area contributed by atoms with E-state index in [9.17, 15) is 4.79 Å².